The number of rotatable bonds is 6. The molecule has 118 valence electrons. The van der Waals surface area contributed by atoms with Gasteiger partial charge in [-0.05, 0) is 37.0 Å². The van der Waals surface area contributed by atoms with Crippen LogP contribution in [0.15, 0.2) is 0 Å². The summed E-state index contributed by atoms with van der Waals surface area (Å²) in [6.45, 7) is 4.36. The molecule has 2 amide bonds. The Bertz CT molecular complexity index is 410. The second-order valence-electron chi connectivity index (χ2n) is 6.77. The first kappa shape index (κ1) is 14.6. The minimum absolute atomic E-state index is 0.0554. The topological polar surface area (TPSA) is 72.9 Å². The van der Waals surface area contributed by atoms with E-state index < -0.39 is 5.97 Å². The summed E-state index contributed by atoms with van der Waals surface area (Å²) in [4.78, 5) is 26.7. The van der Waals surface area contributed by atoms with E-state index in [0.717, 1.165) is 25.6 Å². The van der Waals surface area contributed by atoms with Gasteiger partial charge in [0.1, 0.15) is 0 Å². The van der Waals surface area contributed by atoms with Gasteiger partial charge in [-0.2, -0.15) is 0 Å². The van der Waals surface area contributed by atoms with Crippen LogP contribution in [0, 0.1) is 11.3 Å². The molecule has 3 aliphatic rings. The molecular weight excluding hydrogens is 270 g/mol. The van der Waals surface area contributed by atoms with Gasteiger partial charge in [0.25, 0.3) is 0 Å². The smallest absolute Gasteiger partial charge is 0.317 e. The molecule has 0 aromatic carbocycles. The summed E-state index contributed by atoms with van der Waals surface area (Å²) in [6.07, 6.45) is 5.42. The molecule has 0 bridgehead atoms. The third kappa shape index (κ3) is 3.67. The molecule has 1 saturated heterocycles. The van der Waals surface area contributed by atoms with E-state index in [1.165, 1.54) is 25.7 Å². The van der Waals surface area contributed by atoms with Crippen molar-refractivity contribution in [3.05, 3.63) is 0 Å². The molecular formula is C15H25N3O3. The van der Waals surface area contributed by atoms with E-state index >= 15 is 0 Å². The van der Waals surface area contributed by atoms with Gasteiger partial charge in [0.15, 0.2) is 0 Å². The Morgan fingerprint density at radius 3 is 2.33 bits per heavy atom. The highest BCUT2D eigenvalue weighted by molar-refractivity contribution is 5.74. The molecule has 6 nitrogen and oxygen atoms in total. The van der Waals surface area contributed by atoms with Crippen LogP contribution in [0.5, 0.6) is 0 Å². The summed E-state index contributed by atoms with van der Waals surface area (Å²) in [5.41, 5.74) is 0.443. The molecule has 0 atom stereocenters. The quantitative estimate of drug-likeness (QED) is 0.766. The average Bonchev–Trinajstić information content (AvgIpc) is 3.36. The molecule has 0 aromatic rings. The first-order valence-corrected chi connectivity index (χ1v) is 8.06. The van der Waals surface area contributed by atoms with Crippen molar-refractivity contribution in [1.82, 2.24) is 15.1 Å². The zero-order chi connectivity index (χ0) is 14.9. The van der Waals surface area contributed by atoms with Crippen LogP contribution in [0.2, 0.25) is 0 Å². The molecule has 21 heavy (non-hydrogen) atoms. The van der Waals surface area contributed by atoms with E-state index in [-0.39, 0.29) is 12.5 Å². The minimum Gasteiger partial charge on any atom is -0.481 e. The van der Waals surface area contributed by atoms with Gasteiger partial charge in [-0.1, -0.05) is 0 Å². The Kier molecular flexibility index (Phi) is 4.06. The Labute approximate surface area is 125 Å². The monoisotopic (exact) mass is 295 g/mol. The van der Waals surface area contributed by atoms with E-state index in [1.54, 1.807) is 0 Å². The first-order chi connectivity index (χ1) is 10.1. The lowest BCUT2D eigenvalue weighted by Gasteiger charge is -2.34. The number of hydrogen-bond acceptors (Lipinski definition) is 3. The molecule has 2 aliphatic carbocycles. The lowest BCUT2D eigenvalue weighted by molar-refractivity contribution is -0.137. The molecule has 0 radical (unpaired) electrons. The molecule has 0 spiro atoms. The highest BCUT2D eigenvalue weighted by Gasteiger charge is 2.53. The van der Waals surface area contributed by atoms with Gasteiger partial charge in [-0.25, -0.2) is 4.79 Å². The van der Waals surface area contributed by atoms with Crippen molar-refractivity contribution >= 4 is 12.0 Å². The Morgan fingerprint density at radius 1 is 1.14 bits per heavy atom. The van der Waals surface area contributed by atoms with Crippen molar-refractivity contribution in [3.63, 3.8) is 0 Å². The maximum absolute atomic E-state index is 12.2. The third-order valence-electron chi connectivity index (χ3n) is 5.23. The van der Waals surface area contributed by atoms with Crippen LogP contribution in [0.4, 0.5) is 4.79 Å². The number of amides is 2. The van der Waals surface area contributed by atoms with E-state index in [9.17, 15) is 9.59 Å². The highest BCUT2D eigenvalue weighted by atomic mass is 16.4. The van der Waals surface area contributed by atoms with Crippen molar-refractivity contribution in [2.45, 2.75) is 32.1 Å². The van der Waals surface area contributed by atoms with Crippen LogP contribution >= 0.6 is 0 Å². The summed E-state index contributed by atoms with van der Waals surface area (Å²) >= 11 is 0. The van der Waals surface area contributed by atoms with E-state index in [0.29, 0.717) is 25.0 Å². The average molecular weight is 295 g/mol. The van der Waals surface area contributed by atoms with Crippen molar-refractivity contribution in [2.24, 2.45) is 11.3 Å². The summed E-state index contributed by atoms with van der Waals surface area (Å²) in [6, 6.07) is 0.0554. The molecule has 2 N–H and O–H groups in total. The number of aliphatic carboxylic acids is 1. The fourth-order valence-corrected chi connectivity index (χ4v) is 3.38. The van der Waals surface area contributed by atoms with Crippen LogP contribution in [0.3, 0.4) is 0 Å². The number of carboxylic acids is 1. The van der Waals surface area contributed by atoms with Gasteiger partial charge < -0.3 is 15.3 Å². The Balaban J connectivity index is 1.36. The lowest BCUT2D eigenvalue weighted by atomic mass is 10.0. The van der Waals surface area contributed by atoms with Gasteiger partial charge in [-0.3, -0.25) is 9.69 Å². The number of nitrogens with one attached hydrogen (secondary N) is 1. The summed E-state index contributed by atoms with van der Waals surface area (Å²) < 4.78 is 0. The molecule has 3 rings (SSSR count). The van der Waals surface area contributed by atoms with Crippen molar-refractivity contribution in [1.29, 1.82) is 0 Å². The zero-order valence-corrected chi connectivity index (χ0v) is 12.5. The highest BCUT2D eigenvalue weighted by Crippen LogP contribution is 2.60. The van der Waals surface area contributed by atoms with E-state index in [2.05, 4.69) is 10.2 Å². The molecule has 0 aromatic heterocycles. The standard InChI is InChI=1S/C15H25N3O3/c19-13(20)3-6-17-7-9-18(10-8-17)14(21)16-11-15(4-5-15)12-1-2-12/h12H,1-11H2,(H,16,21)(H,19,20). The number of carbonyl (C=O) groups excluding carboxylic acids is 1. The number of carbonyl (C=O) groups is 2. The number of carboxylic acid groups (broad SMARTS) is 1. The van der Waals surface area contributed by atoms with Gasteiger partial charge in [0, 0.05) is 39.3 Å². The van der Waals surface area contributed by atoms with Gasteiger partial charge in [0.2, 0.25) is 0 Å². The summed E-state index contributed by atoms with van der Waals surface area (Å²) in [5.74, 6) is 0.107. The number of urea groups is 1. The van der Waals surface area contributed by atoms with Gasteiger partial charge >= 0.3 is 12.0 Å². The van der Waals surface area contributed by atoms with E-state index in [4.69, 9.17) is 5.11 Å². The molecule has 0 unspecified atom stereocenters. The van der Waals surface area contributed by atoms with Gasteiger partial charge in [-0.15, -0.1) is 0 Å². The molecule has 1 aliphatic heterocycles. The third-order valence-corrected chi connectivity index (χ3v) is 5.23. The predicted octanol–water partition coefficient (Wildman–Crippen LogP) is 0.978. The number of nitrogens with zero attached hydrogens (tertiary/aromatic N) is 2. The van der Waals surface area contributed by atoms with Crippen LogP contribution in [0.1, 0.15) is 32.1 Å². The molecule has 1 heterocycles. The fourth-order valence-electron chi connectivity index (χ4n) is 3.38. The second kappa shape index (κ2) is 5.83. The number of piperazine rings is 1. The molecule has 6 heteroatoms. The van der Waals surface area contributed by atoms with Crippen LogP contribution in [0.25, 0.3) is 0 Å². The molecule has 3 fully saturated rings. The fraction of sp³-hybridized carbons (Fsp3) is 0.867. The predicted molar refractivity (Wildman–Crippen MR) is 78.1 cm³/mol. The first-order valence-electron chi connectivity index (χ1n) is 8.06. The summed E-state index contributed by atoms with van der Waals surface area (Å²) in [5, 5.41) is 11.8. The van der Waals surface area contributed by atoms with Crippen LogP contribution < -0.4 is 5.32 Å². The number of hydrogen-bond donors (Lipinski definition) is 2. The maximum atomic E-state index is 12.2. The van der Waals surface area contributed by atoms with Gasteiger partial charge in [0.05, 0.1) is 6.42 Å². The largest absolute Gasteiger partial charge is 0.481 e. The van der Waals surface area contributed by atoms with Crippen LogP contribution in [-0.4, -0.2) is 66.2 Å². The van der Waals surface area contributed by atoms with Crippen molar-refractivity contribution < 1.29 is 14.7 Å². The minimum atomic E-state index is -0.759. The zero-order valence-electron chi connectivity index (χ0n) is 12.5. The second-order valence-corrected chi connectivity index (χ2v) is 6.77. The maximum Gasteiger partial charge on any atom is 0.317 e. The van der Waals surface area contributed by atoms with E-state index in [1.807, 2.05) is 4.90 Å². The SMILES string of the molecule is O=C(O)CCN1CCN(C(=O)NCC2(C3CC3)CC2)CC1. The van der Waals surface area contributed by atoms with Crippen molar-refractivity contribution in [3.8, 4) is 0 Å². The Morgan fingerprint density at radius 2 is 1.81 bits per heavy atom. The summed E-state index contributed by atoms with van der Waals surface area (Å²) in [7, 11) is 0. The molecule has 2 saturated carbocycles. The normalized spacial score (nSPS) is 24.7. The van der Waals surface area contributed by atoms with Crippen molar-refractivity contribution in [2.75, 3.05) is 39.3 Å². The Hall–Kier alpha value is -1.30. The van der Waals surface area contributed by atoms with Crippen LogP contribution in [-0.2, 0) is 4.79 Å². The lowest BCUT2D eigenvalue weighted by Crippen LogP contribution is -2.52.